The lowest BCUT2D eigenvalue weighted by atomic mass is 10.2. The summed E-state index contributed by atoms with van der Waals surface area (Å²) in [5.41, 5.74) is 4.05. The van der Waals surface area contributed by atoms with Crippen molar-refractivity contribution in [3.8, 4) is 17.8 Å². The lowest BCUT2D eigenvalue weighted by Gasteiger charge is -2.11. The summed E-state index contributed by atoms with van der Waals surface area (Å²) < 4.78 is 38.4. The molecule has 0 aliphatic carbocycles. The molecule has 0 atom stereocenters. The fraction of sp³-hybridized carbons (Fsp3) is 0.125. The quantitative estimate of drug-likeness (QED) is 0.593. The van der Waals surface area contributed by atoms with Crippen LogP contribution in [0.3, 0.4) is 0 Å². The summed E-state index contributed by atoms with van der Waals surface area (Å²) in [5.74, 6) is 2.43. The van der Waals surface area contributed by atoms with E-state index in [1.54, 1.807) is 12.1 Å². The van der Waals surface area contributed by atoms with E-state index in [0.717, 1.165) is 16.9 Å². The SMILES string of the molecule is N#CC(N)=C(C#N)N=C=CCc1cnn(-c2c(Cl)cc(C(F)(F)F)cc2Cl)n1. The normalized spacial score (nSPS) is 11.7. The van der Waals surface area contributed by atoms with Crippen LogP contribution in [-0.2, 0) is 12.6 Å². The Bertz CT molecular complexity index is 1060. The van der Waals surface area contributed by atoms with Crippen molar-refractivity contribution in [2.45, 2.75) is 12.6 Å². The number of hydrogen-bond donors (Lipinski definition) is 1. The number of aromatic nitrogens is 3. The van der Waals surface area contributed by atoms with Crippen molar-refractivity contribution < 1.29 is 13.2 Å². The molecule has 1 heterocycles. The molecule has 142 valence electrons. The second-order valence-electron chi connectivity index (χ2n) is 5.05. The van der Waals surface area contributed by atoms with Crippen molar-refractivity contribution in [2.75, 3.05) is 0 Å². The van der Waals surface area contributed by atoms with Crippen molar-refractivity contribution in [2.24, 2.45) is 10.7 Å². The Morgan fingerprint density at radius 2 is 1.89 bits per heavy atom. The van der Waals surface area contributed by atoms with Crippen LogP contribution in [0.4, 0.5) is 13.2 Å². The van der Waals surface area contributed by atoms with E-state index in [9.17, 15) is 13.2 Å². The van der Waals surface area contributed by atoms with Crippen LogP contribution in [-0.4, -0.2) is 20.9 Å². The average Bonchev–Trinajstić information content (AvgIpc) is 3.08. The fourth-order valence-electron chi connectivity index (χ4n) is 1.87. The van der Waals surface area contributed by atoms with Crippen LogP contribution in [0.1, 0.15) is 11.3 Å². The van der Waals surface area contributed by atoms with Crippen molar-refractivity contribution in [1.29, 1.82) is 10.5 Å². The minimum Gasteiger partial charge on any atom is -0.388 e. The highest BCUT2D eigenvalue weighted by Gasteiger charge is 2.32. The molecule has 28 heavy (non-hydrogen) atoms. The van der Waals surface area contributed by atoms with Gasteiger partial charge in [-0.15, -0.1) is 4.80 Å². The third-order valence-electron chi connectivity index (χ3n) is 3.14. The molecule has 0 radical (unpaired) electrons. The lowest BCUT2D eigenvalue weighted by molar-refractivity contribution is -0.137. The number of allylic oxidation sites excluding steroid dienone is 3. The van der Waals surface area contributed by atoms with E-state index in [4.69, 9.17) is 39.5 Å². The summed E-state index contributed by atoms with van der Waals surface area (Å²) in [7, 11) is 0. The molecule has 0 aliphatic heterocycles. The van der Waals surface area contributed by atoms with E-state index in [0.29, 0.717) is 5.69 Å². The number of benzene rings is 1. The predicted octanol–water partition coefficient (Wildman–Crippen LogP) is 3.58. The molecule has 0 saturated heterocycles. The summed E-state index contributed by atoms with van der Waals surface area (Å²) in [6, 6.07) is 4.69. The van der Waals surface area contributed by atoms with Crippen LogP contribution in [0.2, 0.25) is 10.0 Å². The van der Waals surface area contributed by atoms with Gasteiger partial charge in [-0.2, -0.15) is 38.9 Å². The first-order valence-corrected chi connectivity index (χ1v) is 7.98. The highest BCUT2D eigenvalue weighted by atomic mass is 35.5. The van der Waals surface area contributed by atoms with Gasteiger partial charge in [-0.1, -0.05) is 23.2 Å². The Morgan fingerprint density at radius 1 is 1.25 bits per heavy atom. The maximum Gasteiger partial charge on any atom is 0.416 e. The van der Waals surface area contributed by atoms with Gasteiger partial charge in [0.2, 0.25) is 0 Å². The molecule has 2 aromatic rings. The molecule has 0 spiro atoms. The summed E-state index contributed by atoms with van der Waals surface area (Å²) >= 11 is 11.8. The molecule has 1 aromatic carbocycles. The van der Waals surface area contributed by atoms with Gasteiger partial charge in [0.15, 0.2) is 5.70 Å². The predicted molar refractivity (Wildman–Crippen MR) is 94.5 cm³/mol. The second kappa shape index (κ2) is 8.59. The van der Waals surface area contributed by atoms with Gasteiger partial charge in [-0.3, -0.25) is 0 Å². The highest BCUT2D eigenvalue weighted by Crippen LogP contribution is 2.37. The average molecular weight is 426 g/mol. The number of alkyl halides is 3. The van der Waals surface area contributed by atoms with Gasteiger partial charge in [-0.05, 0) is 24.1 Å². The maximum atomic E-state index is 12.8. The fourth-order valence-corrected chi connectivity index (χ4v) is 2.51. The van der Waals surface area contributed by atoms with Crippen LogP contribution in [0.15, 0.2) is 40.8 Å². The Labute approximate surface area is 166 Å². The molecule has 2 N–H and O–H groups in total. The summed E-state index contributed by atoms with van der Waals surface area (Å²) in [5, 5.41) is 24.8. The number of rotatable bonds is 4. The van der Waals surface area contributed by atoms with Gasteiger partial charge in [0.1, 0.15) is 23.5 Å². The zero-order chi connectivity index (χ0) is 20.9. The van der Waals surface area contributed by atoms with Crippen molar-refractivity contribution in [3.63, 3.8) is 0 Å². The Balaban J connectivity index is 2.25. The Morgan fingerprint density at radius 3 is 2.43 bits per heavy atom. The summed E-state index contributed by atoms with van der Waals surface area (Å²) in [4.78, 5) is 4.62. The van der Waals surface area contributed by atoms with Gasteiger partial charge in [0.05, 0.1) is 27.5 Å². The van der Waals surface area contributed by atoms with Gasteiger partial charge in [0.25, 0.3) is 0 Å². The Kier molecular flexibility index (Phi) is 6.45. The van der Waals surface area contributed by atoms with E-state index in [1.165, 1.54) is 12.3 Å². The summed E-state index contributed by atoms with van der Waals surface area (Å²) in [6.45, 7) is 0. The zero-order valence-electron chi connectivity index (χ0n) is 13.7. The van der Waals surface area contributed by atoms with E-state index >= 15 is 0 Å². The third kappa shape index (κ3) is 4.90. The molecular weight excluding hydrogens is 418 g/mol. The number of nitriles is 2. The minimum absolute atomic E-state index is 0.00303. The van der Waals surface area contributed by atoms with E-state index in [2.05, 4.69) is 21.1 Å². The first-order valence-electron chi connectivity index (χ1n) is 7.23. The maximum absolute atomic E-state index is 12.8. The topological polar surface area (TPSA) is 117 Å². The van der Waals surface area contributed by atoms with Crippen LogP contribution >= 0.6 is 23.2 Å². The number of nitrogens with zero attached hydrogens (tertiary/aromatic N) is 6. The third-order valence-corrected chi connectivity index (χ3v) is 3.72. The number of halogens is 5. The molecule has 0 amide bonds. The van der Waals surface area contributed by atoms with E-state index in [-0.39, 0.29) is 33.5 Å². The molecule has 0 fully saturated rings. The van der Waals surface area contributed by atoms with Gasteiger partial charge in [0, 0.05) is 6.42 Å². The first-order chi connectivity index (χ1) is 13.2. The molecular formula is C16H8Cl2F3N7. The summed E-state index contributed by atoms with van der Waals surface area (Å²) in [6.07, 6.45) is -1.69. The number of nitrogens with two attached hydrogens (primary N) is 1. The van der Waals surface area contributed by atoms with Crippen LogP contribution in [0.25, 0.3) is 5.69 Å². The van der Waals surface area contributed by atoms with E-state index in [1.807, 2.05) is 0 Å². The monoisotopic (exact) mass is 425 g/mol. The van der Waals surface area contributed by atoms with Gasteiger partial charge >= 0.3 is 6.18 Å². The van der Waals surface area contributed by atoms with Crippen molar-refractivity contribution in [1.82, 2.24) is 15.0 Å². The largest absolute Gasteiger partial charge is 0.416 e. The standard InChI is InChI=1S/C16H8Cl2F3N7/c17-11-4-9(16(19,20)21)5-12(18)15(11)28-26-8-10(27-28)2-1-3-25-14(7-23)13(24)6-22/h1,4-5,8H,2,24H2. The molecule has 0 bridgehead atoms. The van der Waals surface area contributed by atoms with Crippen molar-refractivity contribution in [3.05, 3.63) is 57.1 Å². The molecule has 7 nitrogen and oxygen atoms in total. The van der Waals surface area contributed by atoms with Gasteiger partial charge in [-0.25, -0.2) is 0 Å². The van der Waals surface area contributed by atoms with Gasteiger partial charge < -0.3 is 5.73 Å². The molecule has 0 aliphatic rings. The first kappa shape index (κ1) is 21.0. The lowest BCUT2D eigenvalue weighted by Crippen LogP contribution is -2.08. The zero-order valence-corrected chi connectivity index (χ0v) is 15.2. The molecule has 0 unspecified atom stereocenters. The van der Waals surface area contributed by atoms with Crippen molar-refractivity contribution >= 4 is 29.1 Å². The molecule has 1 aromatic heterocycles. The molecule has 12 heteroatoms. The number of aliphatic imine (C=N–C) groups is 1. The minimum atomic E-state index is -4.59. The smallest absolute Gasteiger partial charge is 0.388 e. The van der Waals surface area contributed by atoms with Crippen LogP contribution in [0, 0.1) is 22.7 Å². The van der Waals surface area contributed by atoms with Crippen LogP contribution < -0.4 is 5.73 Å². The van der Waals surface area contributed by atoms with Crippen LogP contribution in [0.5, 0.6) is 0 Å². The molecule has 0 saturated carbocycles. The Hall–Kier alpha value is -3.30. The number of hydrogen-bond acceptors (Lipinski definition) is 6. The van der Waals surface area contributed by atoms with E-state index < -0.39 is 11.7 Å². The second-order valence-corrected chi connectivity index (χ2v) is 5.86. The highest BCUT2D eigenvalue weighted by molar-refractivity contribution is 6.37. The molecule has 2 rings (SSSR count).